The van der Waals surface area contributed by atoms with Crippen molar-refractivity contribution in [3.05, 3.63) is 65.3 Å². The molecule has 4 nitrogen and oxygen atoms in total. The second-order valence-corrected chi connectivity index (χ2v) is 6.02. The van der Waals surface area contributed by atoms with Gasteiger partial charge in [-0.25, -0.2) is 4.79 Å². The quantitative estimate of drug-likeness (QED) is 0.881. The minimum atomic E-state index is -0.936. The Morgan fingerprint density at radius 1 is 1.17 bits per heavy atom. The number of nitrogens with zero attached hydrogens (tertiary/aromatic N) is 2. The Morgan fingerprint density at radius 3 is 2.43 bits per heavy atom. The van der Waals surface area contributed by atoms with Crippen molar-refractivity contribution < 1.29 is 14.5 Å². The summed E-state index contributed by atoms with van der Waals surface area (Å²) in [5.74, 6) is -0.688. The molecule has 0 bridgehead atoms. The van der Waals surface area contributed by atoms with E-state index in [1.54, 1.807) is 9.13 Å². The number of rotatable bonds is 3. The van der Waals surface area contributed by atoms with Crippen LogP contribution in [0.15, 0.2) is 42.8 Å². The minimum Gasteiger partial charge on any atom is -0.472 e. The van der Waals surface area contributed by atoms with Gasteiger partial charge in [0.25, 0.3) is 0 Å². The maximum Gasteiger partial charge on any atom is 0.420 e. The Bertz CT molecular complexity index is 818. The van der Waals surface area contributed by atoms with Crippen LogP contribution in [-0.4, -0.2) is 15.6 Å². The Morgan fingerprint density at radius 2 is 1.87 bits per heavy atom. The molecule has 0 saturated heterocycles. The number of carbonyl (C=O) groups is 1. The molecule has 118 valence electrons. The third-order valence-electron chi connectivity index (χ3n) is 4.14. The standard InChI is InChI=1S/C19H20N2O2/c1-13-11-14(2)17(15(3)12-13)21-10-9-20(18(21)19(22)23)16-7-5-4-6-8-16/h5,7-12H,4,6H2,1-3H3/p+1. The molecule has 0 fully saturated rings. The molecule has 0 spiro atoms. The zero-order chi connectivity index (χ0) is 16.6. The molecular formula is C19H21N2O2+. The summed E-state index contributed by atoms with van der Waals surface area (Å²) in [7, 11) is 0. The van der Waals surface area contributed by atoms with Gasteiger partial charge in [0.15, 0.2) is 0 Å². The van der Waals surface area contributed by atoms with Crippen LogP contribution in [-0.2, 0) is 0 Å². The lowest BCUT2D eigenvalue weighted by Crippen LogP contribution is -2.38. The van der Waals surface area contributed by atoms with Crippen LogP contribution in [0.1, 0.15) is 40.2 Å². The van der Waals surface area contributed by atoms with E-state index in [2.05, 4.69) is 31.2 Å². The summed E-state index contributed by atoms with van der Waals surface area (Å²) in [6, 6.07) is 4.16. The molecule has 3 rings (SSSR count). The van der Waals surface area contributed by atoms with Crippen molar-refractivity contribution in [2.24, 2.45) is 0 Å². The SMILES string of the molecule is Cc1cc(C)c(-[n+]2ccn(C3=CCCC=C3)c2C(=O)O)c(C)c1. The molecule has 4 heteroatoms. The molecule has 1 aromatic heterocycles. The fourth-order valence-corrected chi connectivity index (χ4v) is 3.32. The molecule has 2 aromatic rings. The van der Waals surface area contributed by atoms with Gasteiger partial charge >= 0.3 is 11.8 Å². The number of aryl methyl sites for hydroxylation is 3. The van der Waals surface area contributed by atoms with Gasteiger partial charge in [-0.1, -0.05) is 23.8 Å². The predicted molar refractivity (Wildman–Crippen MR) is 89.8 cm³/mol. The highest BCUT2D eigenvalue weighted by atomic mass is 16.4. The van der Waals surface area contributed by atoms with E-state index in [1.807, 2.05) is 32.3 Å². The Hall–Kier alpha value is -2.62. The van der Waals surface area contributed by atoms with Crippen molar-refractivity contribution in [1.29, 1.82) is 0 Å². The van der Waals surface area contributed by atoms with Gasteiger partial charge in [-0.05, 0) is 56.9 Å². The Balaban J connectivity index is 2.22. The fraction of sp³-hybridized carbons (Fsp3) is 0.263. The summed E-state index contributed by atoms with van der Waals surface area (Å²) in [4.78, 5) is 11.9. The van der Waals surface area contributed by atoms with Crippen LogP contribution in [0, 0.1) is 20.8 Å². The van der Waals surface area contributed by atoms with Crippen LogP contribution in [0.4, 0.5) is 0 Å². The minimum absolute atomic E-state index is 0.248. The monoisotopic (exact) mass is 309 g/mol. The zero-order valence-corrected chi connectivity index (χ0v) is 13.7. The average Bonchev–Trinajstić information content (AvgIpc) is 2.92. The Labute approximate surface area is 136 Å². The van der Waals surface area contributed by atoms with Gasteiger partial charge in [0.2, 0.25) is 0 Å². The maximum absolute atomic E-state index is 11.9. The predicted octanol–water partition coefficient (Wildman–Crippen LogP) is 3.58. The summed E-state index contributed by atoms with van der Waals surface area (Å²) < 4.78 is 3.52. The fourth-order valence-electron chi connectivity index (χ4n) is 3.32. The molecule has 0 saturated carbocycles. The third kappa shape index (κ3) is 2.72. The second-order valence-electron chi connectivity index (χ2n) is 6.02. The summed E-state index contributed by atoms with van der Waals surface area (Å²) in [6.45, 7) is 6.09. The highest BCUT2D eigenvalue weighted by molar-refractivity contribution is 5.84. The summed E-state index contributed by atoms with van der Waals surface area (Å²) in [5.41, 5.74) is 5.17. The van der Waals surface area contributed by atoms with Crippen molar-refractivity contribution in [2.75, 3.05) is 0 Å². The van der Waals surface area contributed by atoms with Crippen LogP contribution in [0.2, 0.25) is 0 Å². The van der Waals surface area contributed by atoms with Gasteiger partial charge in [-0.15, -0.1) is 0 Å². The Kier molecular flexibility index (Phi) is 3.90. The molecular weight excluding hydrogens is 288 g/mol. The number of hydrogen-bond donors (Lipinski definition) is 1. The van der Waals surface area contributed by atoms with Gasteiger partial charge in [0.05, 0.1) is 0 Å². The molecule has 23 heavy (non-hydrogen) atoms. The summed E-state index contributed by atoms with van der Waals surface area (Å²) in [6.07, 6.45) is 11.7. The van der Waals surface area contributed by atoms with E-state index >= 15 is 0 Å². The van der Waals surface area contributed by atoms with Crippen molar-refractivity contribution in [1.82, 2.24) is 4.57 Å². The average molecular weight is 309 g/mol. The number of hydrogen-bond acceptors (Lipinski definition) is 1. The number of allylic oxidation sites excluding steroid dienone is 4. The lowest BCUT2D eigenvalue weighted by atomic mass is 10.0. The van der Waals surface area contributed by atoms with Crippen LogP contribution < -0.4 is 4.57 Å². The van der Waals surface area contributed by atoms with Gasteiger partial charge < -0.3 is 5.11 Å². The number of carboxylic acids is 1. The van der Waals surface area contributed by atoms with Gasteiger partial charge in [-0.3, -0.25) is 0 Å². The smallest absolute Gasteiger partial charge is 0.420 e. The topological polar surface area (TPSA) is 46.1 Å². The van der Waals surface area contributed by atoms with Crippen LogP contribution in [0.3, 0.4) is 0 Å². The normalized spacial score (nSPS) is 14.0. The number of imidazole rings is 1. The molecule has 1 aliphatic rings. The summed E-state index contributed by atoms with van der Waals surface area (Å²) in [5, 5.41) is 9.77. The van der Waals surface area contributed by atoms with E-state index in [-0.39, 0.29) is 5.82 Å². The molecule has 1 aliphatic carbocycles. The first-order valence-corrected chi connectivity index (χ1v) is 7.80. The number of aromatic nitrogens is 2. The first-order valence-electron chi connectivity index (χ1n) is 7.80. The van der Waals surface area contributed by atoms with Gasteiger partial charge in [0.1, 0.15) is 23.8 Å². The largest absolute Gasteiger partial charge is 0.472 e. The van der Waals surface area contributed by atoms with Crippen LogP contribution >= 0.6 is 0 Å². The van der Waals surface area contributed by atoms with Crippen molar-refractivity contribution in [2.45, 2.75) is 33.6 Å². The lowest BCUT2D eigenvalue weighted by Gasteiger charge is -2.09. The highest BCUT2D eigenvalue weighted by Crippen LogP contribution is 2.20. The van der Waals surface area contributed by atoms with E-state index in [9.17, 15) is 9.90 Å². The third-order valence-corrected chi connectivity index (χ3v) is 4.14. The number of benzene rings is 1. The van der Waals surface area contributed by atoms with E-state index in [1.165, 1.54) is 5.56 Å². The van der Waals surface area contributed by atoms with Crippen molar-refractivity contribution in [3.8, 4) is 5.69 Å². The number of carboxylic acid groups (broad SMARTS) is 1. The molecule has 0 atom stereocenters. The van der Waals surface area contributed by atoms with E-state index < -0.39 is 5.97 Å². The van der Waals surface area contributed by atoms with Crippen LogP contribution in [0.5, 0.6) is 0 Å². The van der Waals surface area contributed by atoms with E-state index in [0.29, 0.717) is 0 Å². The molecule has 1 N–H and O–H groups in total. The highest BCUT2D eigenvalue weighted by Gasteiger charge is 2.29. The zero-order valence-electron chi connectivity index (χ0n) is 13.7. The van der Waals surface area contributed by atoms with Crippen LogP contribution in [0.25, 0.3) is 11.4 Å². The molecule has 0 amide bonds. The maximum atomic E-state index is 11.9. The number of aromatic carboxylic acids is 1. The molecule has 0 radical (unpaired) electrons. The first kappa shape index (κ1) is 15.3. The second kappa shape index (κ2) is 5.88. The molecule has 1 heterocycles. The lowest BCUT2D eigenvalue weighted by molar-refractivity contribution is -0.598. The van der Waals surface area contributed by atoms with E-state index in [4.69, 9.17) is 0 Å². The molecule has 0 unspecified atom stereocenters. The molecule has 0 aliphatic heterocycles. The van der Waals surface area contributed by atoms with Crippen molar-refractivity contribution >= 4 is 11.7 Å². The van der Waals surface area contributed by atoms with E-state index in [0.717, 1.165) is 35.4 Å². The summed E-state index contributed by atoms with van der Waals surface area (Å²) >= 11 is 0. The van der Waals surface area contributed by atoms with Gasteiger partial charge in [-0.2, -0.15) is 9.13 Å². The molecule has 1 aromatic carbocycles. The van der Waals surface area contributed by atoms with Gasteiger partial charge in [0, 0.05) is 0 Å². The van der Waals surface area contributed by atoms with Crippen molar-refractivity contribution in [3.63, 3.8) is 0 Å². The first-order chi connectivity index (χ1) is 11.0.